The number of amides is 1. The van der Waals surface area contributed by atoms with E-state index in [1.165, 1.54) is 7.11 Å². The van der Waals surface area contributed by atoms with Gasteiger partial charge in [-0.2, -0.15) is 0 Å². The van der Waals surface area contributed by atoms with Gasteiger partial charge in [-0.05, 0) is 11.1 Å². The van der Waals surface area contributed by atoms with Gasteiger partial charge in [0, 0.05) is 13.1 Å². The van der Waals surface area contributed by atoms with Gasteiger partial charge in [0.2, 0.25) is 0 Å². The van der Waals surface area contributed by atoms with Gasteiger partial charge >= 0.3 is 6.09 Å². The maximum absolute atomic E-state index is 11.1. The fraction of sp³-hybridized carbons (Fsp3) is 0.417. The molecule has 1 aliphatic heterocycles. The highest BCUT2D eigenvalue weighted by Gasteiger charge is 2.22. The van der Waals surface area contributed by atoms with Crippen LogP contribution < -0.4 is 0 Å². The average Bonchev–Trinajstić information content (AvgIpc) is 2.73. The first-order chi connectivity index (χ1) is 7.22. The lowest BCUT2D eigenvalue weighted by molar-refractivity contribution is 0.134. The second-order valence-electron chi connectivity index (χ2n) is 2.78. The maximum atomic E-state index is 11.1. The monoisotopic (exact) mass is 209 g/mol. The number of rotatable bonds is 2. The Labute approximate surface area is 91.7 Å². The minimum Gasteiger partial charge on any atom is -0.453 e. The molecule has 0 fully saturated rings. The number of carbonyl (C=O) groups excluding carboxylic acids is 1. The van der Waals surface area contributed by atoms with E-state index in [-0.39, 0.29) is 6.09 Å². The Balaban J connectivity index is 0.000000921. The summed E-state index contributed by atoms with van der Waals surface area (Å²) in [5, 5.41) is 0. The normalized spacial score (nSPS) is 14.2. The summed E-state index contributed by atoms with van der Waals surface area (Å²) in [5.41, 5.74) is 2.08. The van der Waals surface area contributed by atoms with E-state index in [9.17, 15) is 4.79 Å². The third-order valence-electron chi connectivity index (χ3n) is 2.06. The Morgan fingerprint density at radius 2 is 1.67 bits per heavy atom. The minimum atomic E-state index is -0.309. The predicted molar refractivity (Wildman–Crippen MR) is 62.7 cm³/mol. The Morgan fingerprint density at radius 1 is 1.27 bits per heavy atom. The third-order valence-corrected chi connectivity index (χ3v) is 2.06. The Bertz CT molecular complexity index is 259. The molecule has 3 heteroatoms. The lowest BCUT2D eigenvalue weighted by Gasteiger charge is -2.13. The molecule has 0 unspecified atom stereocenters. The molecule has 0 aromatic carbocycles. The first-order valence-corrected chi connectivity index (χ1v) is 5.02. The van der Waals surface area contributed by atoms with Crippen LogP contribution in [0.15, 0.2) is 36.5 Å². The Hall–Kier alpha value is -1.51. The highest BCUT2D eigenvalue weighted by Crippen LogP contribution is 2.19. The fourth-order valence-electron chi connectivity index (χ4n) is 1.32. The maximum Gasteiger partial charge on any atom is 0.410 e. The summed E-state index contributed by atoms with van der Waals surface area (Å²) >= 11 is 0. The van der Waals surface area contributed by atoms with Crippen LogP contribution in [0.2, 0.25) is 0 Å². The molecule has 0 aliphatic carbocycles. The Kier molecular flexibility index (Phi) is 6.18. The molecule has 0 aromatic rings. The zero-order valence-electron chi connectivity index (χ0n) is 9.75. The number of methoxy groups -OCH3 is 1. The molecular formula is C12H19NO2. The van der Waals surface area contributed by atoms with Crippen LogP contribution in [-0.4, -0.2) is 31.2 Å². The summed E-state index contributed by atoms with van der Waals surface area (Å²) in [6.45, 7) is 12.5. The van der Waals surface area contributed by atoms with E-state index in [4.69, 9.17) is 0 Å². The van der Waals surface area contributed by atoms with Crippen LogP contribution in [0.3, 0.4) is 0 Å². The van der Waals surface area contributed by atoms with Crippen LogP contribution in [0.25, 0.3) is 0 Å². The van der Waals surface area contributed by atoms with Crippen molar-refractivity contribution in [1.82, 2.24) is 4.90 Å². The standard InChI is InChI=1S/C10H13NO2.C2H6/c1-4-8-6-11(10(12)13-3)7-9(8)5-2;1-2/h4-5H,1-2,6-7H2,3H3;1-2H3. The molecule has 3 nitrogen and oxygen atoms in total. The van der Waals surface area contributed by atoms with Crippen molar-refractivity contribution in [2.75, 3.05) is 20.2 Å². The van der Waals surface area contributed by atoms with Crippen LogP contribution in [0.1, 0.15) is 13.8 Å². The summed E-state index contributed by atoms with van der Waals surface area (Å²) in [6.07, 6.45) is 3.19. The topological polar surface area (TPSA) is 29.5 Å². The van der Waals surface area contributed by atoms with Crippen molar-refractivity contribution in [2.24, 2.45) is 0 Å². The predicted octanol–water partition coefficient (Wildman–Crippen LogP) is 2.76. The molecule has 1 heterocycles. The van der Waals surface area contributed by atoms with Crippen molar-refractivity contribution in [2.45, 2.75) is 13.8 Å². The van der Waals surface area contributed by atoms with Crippen molar-refractivity contribution in [3.8, 4) is 0 Å². The van der Waals surface area contributed by atoms with Gasteiger partial charge in [0.25, 0.3) is 0 Å². The first kappa shape index (κ1) is 13.5. The molecule has 0 aromatic heterocycles. The second kappa shape index (κ2) is 6.87. The van der Waals surface area contributed by atoms with Gasteiger partial charge in [0.1, 0.15) is 0 Å². The van der Waals surface area contributed by atoms with E-state index in [1.807, 2.05) is 13.8 Å². The van der Waals surface area contributed by atoms with Crippen molar-refractivity contribution in [3.05, 3.63) is 36.5 Å². The highest BCUT2D eigenvalue weighted by atomic mass is 16.5. The molecule has 0 N–H and O–H groups in total. The molecule has 0 radical (unpaired) electrons. The van der Waals surface area contributed by atoms with Crippen molar-refractivity contribution in [3.63, 3.8) is 0 Å². The van der Waals surface area contributed by atoms with Gasteiger partial charge in [-0.3, -0.25) is 4.90 Å². The molecule has 1 amide bonds. The Morgan fingerprint density at radius 3 is 1.93 bits per heavy atom. The van der Waals surface area contributed by atoms with Gasteiger partial charge in [0.15, 0.2) is 0 Å². The van der Waals surface area contributed by atoms with E-state index in [2.05, 4.69) is 17.9 Å². The minimum absolute atomic E-state index is 0.309. The molecular weight excluding hydrogens is 190 g/mol. The van der Waals surface area contributed by atoms with Crippen molar-refractivity contribution < 1.29 is 9.53 Å². The fourth-order valence-corrected chi connectivity index (χ4v) is 1.32. The van der Waals surface area contributed by atoms with Crippen LogP contribution >= 0.6 is 0 Å². The molecule has 84 valence electrons. The molecule has 1 rings (SSSR count). The van der Waals surface area contributed by atoms with Gasteiger partial charge in [0.05, 0.1) is 7.11 Å². The third kappa shape index (κ3) is 3.27. The van der Waals surface area contributed by atoms with Crippen LogP contribution in [0.5, 0.6) is 0 Å². The molecule has 0 spiro atoms. The van der Waals surface area contributed by atoms with E-state index in [0.29, 0.717) is 13.1 Å². The number of hydrogen-bond donors (Lipinski definition) is 0. The summed E-state index contributed by atoms with van der Waals surface area (Å²) in [6, 6.07) is 0. The summed E-state index contributed by atoms with van der Waals surface area (Å²) in [5.74, 6) is 0. The highest BCUT2D eigenvalue weighted by molar-refractivity contribution is 5.70. The zero-order valence-corrected chi connectivity index (χ0v) is 9.75. The van der Waals surface area contributed by atoms with E-state index in [0.717, 1.165) is 11.1 Å². The zero-order chi connectivity index (χ0) is 11.8. The average molecular weight is 209 g/mol. The molecule has 0 saturated carbocycles. The van der Waals surface area contributed by atoms with Crippen molar-refractivity contribution in [1.29, 1.82) is 0 Å². The lowest BCUT2D eigenvalue weighted by atomic mass is 10.1. The number of nitrogens with zero attached hydrogens (tertiary/aromatic N) is 1. The molecule has 0 atom stereocenters. The quantitative estimate of drug-likeness (QED) is 0.700. The van der Waals surface area contributed by atoms with Crippen LogP contribution in [-0.2, 0) is 4.74 Å². The number of carbonyl (C=O) groups is 1. The molecule has 15 heavy (non-hydrogen) atoms. The van der Waals surface area contributed by atoms with E-state index in [1.54, 1.807) is 17.1 Å². The summed E-state index contributed by atoms with van der Waals surface area (Å²) < 4.78 is 4.61. The van der Waals surface area contributed by atoms with E-state index >= 15 is 0 Å². The van der Waals surface area contributed by atoms with Crippen LogP contribution in [0.4, 0.5) is 4.79 Å². The summed E-state index contributed by atoms with van der Waals surface area (Å²) in [4.78, 5) is 12.8. The molecule has 0 bridgehead atoms. The number of hydrogen-bond acceptors (Lipinski definition) is 2. The van der Waals surface area contributed by atoms with Crippen molar-refractivity contribution >= 4 is 6.09 Å². The SMILES string of the molecule is C=CC1=C(C=C)CN(C(=O)OC)C1.CC. The molecule has 1 aliphatic rings. The molecule has 0 saturated heterocycles. The van der Waals surface area contributed by atoms with E-state index < -0.39 is 0 Å². The first-order valence-electron chi connectivity index (χ1n) is 5.02. The largest absolute Gasteiger partial charge is 0.453 e. The lowest BCUT2D eigenvalue weighted by Crippen LogP contribution is -2.28. The van der Waals surface area contributed by atoms with Gasteiger partial charge in [-0.1, -0.05) is 39.2 Å². The summed E-state index contributed by atoms with van der Waals surface area (Å²) in [7, 11) is 1.38. The van der Waals surface area contributed by atoms with Crippen LogP contribution in [0, 0.1) is 0 Å². The van der Waals surface area contributed by atoms with Gasteiger partial charge in [-0.25, -0.2) is 4.79 Å². The van der Waals surface area contributed by atoms with Gasteiger partial charge in [-0.15, -0.1) is 0 Å². The van der Waals surface area contributed by atoms with Gasteiger partial charge < -0.3 is 4.74 Å². The number of ether oxygens (including phenoxy) is 1. The second-order valence-corrected chi connectivity index (χ2v) is 2.78. The smallest absolute Gasteiger partial charge is 0.410 e.